The summed E-state index contributed by atoms with van der Waals surface area (Å²) >= 11 is 0.438. The van der Waals surface area contributed by atoms with Crippen molar-refractivity contribution < 1.29 is 4.74 Å². The van der Waals surface area contributed by atoms with Gasteiger partial charge in [0, 0.05) is 0 Å². The zero-order valence-electron chi connectivity index (χ0n) is 16.5. The SMILES string of the molecule is c1ccc([Se][C@H]2CCC[C@@H]3N[C@@H](c4ccccc4)[C@H](c4ccccc4)O[C@@H]32)cc1. The molecule has 5 rings (SSSR count). The molecule has 3 aromatic carbocycles. The maximum atomic E-state index is 6.98. The predicted molar refractivity (Wildman–Crippen MR) is 120 cm³/mol. The van der Waals surface area contributed by atoms with Crippen molar-refractivity contribution in [1.82, 2.24) is 5.32 Å². The van der Waals surface area contributed by atoms with Crippen LogP contribution in [0.15, 0.2) is 91.0 Å². The van der Waals surface area contributed by atoms with E-state index in [-0.39, 0.29) is 18.2 Å². The fourth-order valence-corrected chi connectivity index (χ4v) is 7.50. The monoisotopic (exact) mass is 449 g/mol. The van der Waals surface area contributed by atoms with Gasteiger partial charge in [-0.1, -0.05) is 0 Å². The Labute approximate surface area is 179 Å². The van der Waals surface area contributed by atoms with Gasteiger partial charge in [0.1, 0.15) is 0 Å². The summed E-state index contributed by atoms with van der Waals surface area (Å²) in [4.78, 5) is 0.624. The molecule has 0 aromatic heterocycles. The maximum absolute atomic E-state index is 6.98. The van der Waals surface area contributed by atoms with Crippen molar-refractivity contribution in [3.63, 3.8) is 0 Å². The van der Waals surface area contributed by atoms with Crippen molar-refractivity contribution in [2.24, 2.45) is 0 Å². The molecule has 1 heterocycles. The van der Waals surface area contributed by atoms with Crippen molar-refractivity contribution >= 4 is 19.4 Å². The third-order valence-corrected chi connectivity index (χ3v) is 8.92. The molecule has 1 aliphatic carbocycles. The fourth-order valence-electron chi connectivity index (χ4n) is 4.70. The van der Waals surface area contributed by atoms with Crippen LogP contribution in [0.25, 0.3) is 0 Å². The Balaban J connectivity index is 1.45. The van der Waals surface area contributed by atoms with Crippen molar-refractivity contribution in [2.75, 3.05) is 0 Å². The van der Waals surface area contributed by atoms with Crippen LogP contribution in [-0.2, 0) is 4.74 Å². The molecule has 3 heteroatoms. The molecule has 0 radical (unpaired) electrons. The van der Waals surface area contributed by atoms with E-state index in [9.17, 15) is 0 Å². The topological polar surface area (TPSA) is 21.3 Å². The van der Waals surface area contributed by atoms with E-state index in [1.165, 1.54) is 34.9 Å². The standard InChI is InChI=1S/C26H27NOSe/c1-4-11-19(12-5-1)24-25(20-13-6-2-7-14-20)28-26-22(27-24)17-10-18-23(26)29-21-15-8-3-9-16-21/h1-9,11-16,22-27H,10,17-18H2/t22-,23-,24-,25-,26-/m0/s1. The molecule has 0 spiro atoms. The van der Waals surface area contributed by atoms with Gasteiger partial charge in [0.2, 0.25) is 0 Å². The molecule has 1 aliphatic heterocycles. The predicted octanol–water partition coefficient (Wildman–Crippen LogP) is 4.83. The second-order valence-electron chi connectivity index (χ2n) is 7.99. The summed E-state index contributed by atoms with van der Waals surface area (Å²) in [5.41, 5.74) is 2.58. The van der Waals surface area contributed by atoms with Crippen molar-refractivity contribution in [3.8, 4) is 0 Å². The summed E-state index contributed by atoms with van der Waals surface area (Å²) in [7, 11) is 0. The van der Waals surface area contributed by atoms with Crippen LogP contribution in [0.2, 0.25) is 4.82 Å². The minimum absolute atomic E-state index is 0.0482. The van der Waals surface area contributed by atoms with Gasteiger partial charge in [-0.15, -0.1) is 0 Å². The van der Waals surface area contributed by atoms with Crippen LogP contribution in [0.4, 0.5) is 0 Å². The van der Waals surface area contributed by atoms with Gasteiger partial charge < -0.3 is 0 Å². The summed E-state index contributed by atoms with van der Waals surface area (Å²) in [6.45, 7) is 0. The number of morpholine rings is 1. The molecule has 1 saturated heterocycles. The van der Waals surface area contributed by atoms with Crippen molar-refractivity contribution in [1.29, 1.82) is 0 Å². The quantitative estimate of drug-likeness (QED) is 0.578. The van der Waals surface area contributed by atoms with Gasteiger partial charge in [0.25, 0.3) is 0 Å². The zero-order chi connectivity index (χ0) is 19.5. The van der Waals surface area contributed by atoms with Gasteiger partial charge in [-0.2, -0.15) is 0 Å². The summed E-state index contributed by atoms with van der Waals surface area (Å²) in [5.74, 6) is 0. The van der Waals surface area contributed by atoms with Crippen molar-refractivity contribution in [2.45, 2.75) is 48.4 Å². The van der Waals surface area contributed by atoms with E-state index >= 15 is 0 Å². The number of nitrogens with one attached hydrogen (secondary N) is 1. The van der Waals surface area contributed by atoms with Crippen LogP contribution < -0.4 is 9.78 Å². The van der Waals surface area contributed by atoms with Crippen LogP contribution in [0.1, 0.15) is 42.5 Å². The average molecular weight is 448 g/mol. The molecule has 0 unspecified atom stereocenters. The molecule has 1 N–H and O–H groups in total. The first kappa shape index (κ1) is 19.1. The van der Waals surface area contributed by atoms with Crippen molar-refractivity contribution in [3.05, 3.63) is 102 Å². The molecule has 0 bridgehead atoms. The number of hydrogen-bond acceptors (Lipinski definition) is 2. The molecule has 2 fully saturated rings. The first-order chi connectivity index (χ1) is 14.4. The summed E-state index contributed by atoms with van der Waals surface area (Å²) in [6, 6.07) is 33.2. The molecular weight excluding hydrogens is 421 g/mol. The van der Waals surface area contributed by atoms with E-state index in [4.69, 9.17) is 4.74 Å². The van der Waals surface area contributed by atoms with Gasteiger partial charge >= 0.3 is 180 Å². The Kier molecular flexibility index (Phi) is 5.83. The molecular formula is C26H27NOSe. The van der Waals surface area contributed by atoms with Gasteiger partial charge in [0.15, 0.2) is 0 Å². The molecule has 29 heavy (non-hydrogen) atoms. The van der Waals surface area contributed by atoms with Crippen LogP contribution in [0.5, 0.6) is 0 Å². The molecule has 2 aliphatic rings. The molecule has 148 valence electrons. The second kappa shape index (κ2) is 8.85. The van der Waals surface area contributed by atoms with Crippen LogP contribution in [-0.4, -0.2) is 27.1 Å². The average Bonchev–Trinajstić information content (AvgIpc) is 2.80. The summed E-state index contributed by atoms with van der Waals surface area (Å²) in [6.07, 6.45) is 4.10. The van der Waals surface area contributed by atoms with Crippen LogP contribution in [0, 0.1) is 0 Å². The summed E-state index contributed by atoms with van der Waals surface area (Å²) in [5, 5.41) is 4.02. The molecule has 5 atom stereocenters. The first-order valence-corrected chi connectivity index (χ1v) is 12.5. The van der Waals surface area contributed by atoms with E-state index in [1.54, 1.807) is 0 Å². The van der Waals surface area contributed by atoms with Gasteiger partial charge in [0.05, 0.1) is 0 Å². The fraction of sp³-hybridized carbons (Fsp3) is 0.308. The molecule has 1 saturated carbocycles. The normalized spacial score (nSPS) is 29.2. The zero-order valence-corrected chi connectivity index (χ0v) is 18.2. The van der Waals surface area contributed by atoms with E-state index in [0.29, 0.717) is 25.8 Å². The van der Waals surface area contributed by atoms with Gasteiger partial charge in [-0.05, 0) is 0 Å². The third-order valence-electron chi connectivity index (χ3n) is 6.08. The Bertz CT molecular complexity index is 902. The minimum atomic E-state index is 0.0482. The van der Waals surface area contributed by atoms with E-state index in [1.807, 2.05) is 0 Å². The van der Waals surface area contributed by atoms with E-state index in [0.717, 1.165) is 0 Å². The third kappa shape index (κ3) is 4.20. The molecule has 2 nitrogen and oxygen atoms in total. The van der Waals surface area contributed by atoms with Gasteiger partial charge in [-0.3, -0.25) is 0 Å². The van der Waals surface area contributed by atoms with Crippen LogP contribution >= 0.6 is 0 Å². The van der Waals surface area contributed by atoms with Gasteiger partial charge in [-0.25, -0.2) is 0 Å². The Morgan fingerprint density at radius 1 is 0.724 bits per heavy atom. The van der Waals surface area contributed by atoms with E-state index < -0.39 is 0 Å². The molecule has 3 aromatic rings. The first-order valence-electron chi connectivity index (χ1n) is 10.6. The Morgan fingerprint density at radius 2 is 1.34 bits per heavy atom. The number of ether oxygens (including phenoxy) is 1. The second-order valence-corrected chi connectivity index (χ2v) is 10.7. The Morgan fingerprint density at radius 3 is 2.03 bits per heavy atom. The summed E-state index contributed by atoms with van der Waals surface area (Å²) < 4.78 is 8.46. The Hall–Kier alpha value is -1.90. The number of fused-ring (bicyclic) bond motifs is 1. The number of hydrogen-bond donors (Lipinski definition) is 1. The number of benzene rings is 3. The van der Waals surface area contributed by atoms with Crippen LogP contribution in [0.3, 0.4) is 0 Å². The van der Waals surface area contributed by atoms with E-state index in [2.05, 4.69) is 96.3 Å². The number of rotatable bonds is 4. The molecule has 0 amide bonds.